The zero-order valence-electron chi connectivity index (χ0n) is 15.8. The Kier molecular flexibility index (Phi) is 8.93. The summed E-state index contributed by atoms with van der Waals surface area (Å²) in [6.45, 7) is 1.14. The van der Waals surface area contributed by atoms with E-state index in [-0.39, 0.29) is 51.6 Å². The van der Waals surface area contributed by atoms with Crippen molar-refractivity contribution in [1.29, 1.82) is 0 Å². The molecule has 1 aromatic carbocycles. The molecular formula is C19H22N2O8. The van der Waals surface area contributed by atoms with E-state index in [1.165, 1.54) is 0 Å². The van der Waals surface area contributed by atoms with E-state index < -0.39 is 17.8 Å². The third-order valence-electron chi connectivity index (χ3n) is 3.86. The first-order valence-electron chi connectivity index (χ1n) is 9.07. The molecule has 2 rings (SSSR count). The third kappa shape index (κ3) is 7.43. The van der Waals surface area contributed by atoms with Gasteiger partial charge in [0.1, 0.15) is 6.29 Å². The standard InChI is InChI=1S/C19H22N2O8/c22-13-14-1-3-15(4-2-14)19(26)20-8-10-28-12-11-27-9-7-18(25)29-21-16(23)5-6-17(21)24/h1-4,13H,5-12H2,(H,20,26). The lowest BCUT2D eigenvalue weighted by molar-refractivity contribution is -0.198. The van der Waals surface area contributed by atoms with Crippen molar-refractivity contribution in [2.24, 2.45) is 0 Å². The number of hydrogen-bond acceptors (Lipinski definition) is 8. The number of rotatable bonds is 12. The summed E-state index contributed by atoms with van der Waals surface area (Å²) in [5.41, 5.74) is 0.944. The Labute approximate surface area is 167 Å². The van der Waals surface area contributed by atoms with Crippen LogP contribution in [0.3, 0.4) is 0 Å². The van der Waals surface area contributed by atoms with Crippen LogP contribution in [0.5, 0.6) is 0 Å². The van der Waals surface area contributed by atoms with Gasteiger partial charge < -0.3 is 19.6 Å². The van der Waals surface area contributed by atoms with Gasteiger partial charge in [-0.25, -0.2) is 4.79 Å². The van der Waals surface area contributed by atoms with Crippen molar-refractivity contribution in [3.63, 3.8) is 0 Å². The first-order chi connectivity index (χ1) is 14.0. The van der Waals surface area contributed by atoms with Gasteiger partial charge in [-0.15, -0.1) is 5.06 Å². The molecule has 156 valence electrons. The first kappa shape index (κ1) is 22.2. The van der Waals surface area contributed by atoms with E-state index in [9.17, 15) is 24.0 Å². The minimum absolute atomic E-state index is 0.0485. The first-order valence-corrected chi connectivity index (χ1v) is 9.07. The number of carbonyl (C=O) groups excluding carboxylic acids is 5. The van der Waals surface area contributed by atoms with Crippen LogP contribution in [0.4, 0.5) is 0 Å². The van der Waals surface area contributed by atoms with Crippen LogP contribution >= 0.6 is 0 Å². The van der Waals surface area contributed by atoms with E-state index in [4.69, 9.17) is 14.3 Å². The summed E-state index contributed by atoms with van der Waals surface area (Å²) >= 11 is 0. The van der Waals surface area contributed by atoms with Gasteiger partial charge in [0.2, 0.25) is 0 Å². The quantitative estimate of drug-likeness (QED) is 0.297. The van der Waals surface area contributed by atoms with Crippen LogP contribution in [0.25, 0.3) is 0 Å². The van der Waals surface area contributed by atoms with Crippen LogP contribution in [0, 0.1) is 0 Å². The van der Waals surface area contributed by atoms with E-state index >= 15 is 0 Å². The second-order valence-electron chi connectivity index (χ2n) is 6.02. The monoisotopic (exact) mass is 406 g/mol. The van der Waals surface area contributed by atoms with Crippen LogP contribution in [0.2, 0.25) is 0 Å². The van der Waals surface area contributed by atoms with Gasteiger partial charge in [-0.3, -0.25) is 19.2 Å². The number of hydrogen-bond donors (Lipinski definition) is 1. The van der Waals surface area contributed by atoms with E-state index in [1.54, 1.807) is 24.3 Å². The molecule has 0 unspecified atom stereocenters. The van der Waals surface area contributed by atoms with Crippen molar-refractivity contribution < 1.29 is 38.3 Å². The number of hydroxylamine groups is 2. The molecular weight excluding hydrogens is 384 g/mol. The van der Waals surface area contributed by atoms with Crippen molar-refractivity contribution in [1.82, 2.24) is 10.4 Å². The predicted molar refractivity (Wildman–Crippen MR) is 97.6 cm³/mol. The van der Waals surface area contributed by atoms with Crippen LogP contribution in [-0.2, 0) is 28.7 Å². The van der Waals surface area contributed by atoms with Crippen molar-refractivity contribution in [2.45, 2.75) is 19.3 Å². The number of imide groups is 1. The number of carbonyl (C=O) groups is 5. The average molecular weight is 406 g/mol. The average Bonchev–Trinajstić information content (AvgIpc) is 3.04. The lowest BCUT2D eigenvalue weighted by atomic mass is 10.1. The van der Waals surface area contributed by atoms with Crippen molar-refractivity contribution in [2.75, 3.05) is 33.0 Å². The highest BCUT2D eigenvalue weighted by molar-refractivity contribution is 6.01. The smallest absolute Gasteiger partial charge is 0.335 e. The van der Waals surface area contributed by atoms with Crippen LogP contribution in [-0.4, -0.2) is 68.0 Å². The van der Waals surface area contributed by atoms with Gasteiger partial charge in [-0.1, -0.05) is 12.1 Å². The molecule has 10 nitrogen and oxygen atoms in total. The highest BCUT2D eigenvalue weighted by Gasteiger charge is 2.32. The van der Waals surface area contributed by atoms with E-state index in [0.717, 1.165) is 0 Å². The summed E-state index contributed by atoms with van der Waals surface area (Å²) < 4.78 is 10.5. The molecule has 29 heavy (non-hydrogen) atoms. The second kappa shape index (κ2) is 11.7. The maximum atomic E-state index is 11.9. The topological polar surface area (TPSA) is 128 Å². The van der Waals surface area contributed by atoms with Gasteiger partial charge in [0.15, 0.2) is 0 Å². The SMILES string of the molecule is O=Cc1ccc(C(=O)NCCOCCOCCC(=O)ON2C(=O)CCC2=O)cc1. The summed E-state index contributed by atoms with van der Waals surface area (Å²) in [6.07, 6.45) is 0.700. The molecule has 1 aliphatic heterocycles. The summed E-state index contributed by atoms with van der Waals surface area (Å²) in [6, 6.07) is 6.25. The summed E-state index contributed by atoms with van der Waals surface area (Å²) in [5.74, 6) is -2.04. The molecule has 3 amide bonds. The zero-order valence-corrected chi connectivity index (χ0v) is 15.8. The molecule has 1 fully saturated rings. The molecule has 1 aliphatic rings. The molecule has 1 aromatic rings. The molecule has 1 saturated heterocycles. The van der Waals surface area contributed by atoms with Crippen LogP contribution in [0.1, 0.15) is 40.0 Å². The fourth-order valence-electron chi connectivity index (χ4n) is 2.33. The minimum atomic E-state index is -0.724. The third-order valence-corrected chi connectivity index (χ3v) is 3.86. The molecule has 0 bridgehead atoms. The Balaban J connectivity index is 1.46. The molecule has 0 saturated carbocycles. The highest BCUT2D eigenvalue weighted by Crippen LogP contribution is 2.12. The Morgan fingerprint density at radius 2 is 1.59 bits per heavy atom. The number of ether oxygens (including phenoxy) is 2. The molecule has 1 heterocycles. The highest BCUT2D eigenvalue weighted by atomic mass is 16.7. The molecule has 10 heteroatoms. The molecule has 0 radical (unpaired) electrons. The largest absolute Gasteiger partial charge is 0.378 e. The van der Waals surface area contributed by atoms with Gasteiger partial charge in [0.25, 0.3) is 17.7 Å². The maximum Gasteiger partial charge on any atom is 0.335 e. The molecule has 0 atom stereocenters. The minimum Gasteiger partial charge on any atom is -0.378 e. The zero-order chi connectivity index (χ0) is 21.1. The summed E-state index contributed by atoms with van der Waals surface area (Å²) in [4.78, 5) is 61.3. The fraction of sp³-hybridized carbons (Fsp3) is 0.421. The van der Waals surface area contributed by atoms with Crippen molar-refractivity contribution in [3.8, 4) is 0 Å². The van der Waals surface area contributed by atoms with Gasteiger partial charge in [-0.2, -0.15) is 0 Å². The van der Waals surface area contributed by atoms with E-state index in [0.29, 0.717) is 29.0 Å². The number of nitrogens with one attached hydrogen (secondary N) is 1. The Morgan fingerprint density at radius 3 is 2.21 bits per heavy atom. The summed E-state index contributed by atoms with van der Waals surface area (Å²) in [7, 11) is 0. The fourth-order valence-corrected chi connectivity index (χ4v) is 2.33. The Hall–Kier alpha value is -3.11. The van der Waals surface area contributed by atoms with Crippen LogP contribution in [0.15, 0.2) is 24.3 Å². The predicted octanol–water partition coefficient (Wildman–Crippen LogP) is 0.259. The Bertz CT molecular complexity index is 731. The van der Waals surface area contributed by atoms with Gasteiger partial charge in [0, 0.05) is 30.5 Å². The van der Waals surface area contributed by atoms with Gasteiger partial charge in [0.05, 0.1) is 32.8 Å². The van der Waals surface area contributed by atoms with Crippen molar-refractivity contribution >= 4 is 30.0 Å². The molecule has 0 aliphatic carbocycles. The maximum absolute atomic E-state index is 11.9. The second-order valence-corrected chi connectivity index (χ2v) is 6.02. The molecule has 0 spiro atoms. The lowest BCUT2D eigenvalue weighted by Gasteiger charge is -2.12. The number of benzene rings is 1. The van der Waals surface area contributed by atoms with Crippen molar-refractivity contribution in [3.05, 3.63) is 35.4 Å². The molecule has 0 aromatic heterocycles. The Morgan fingerprint density at radius 1 is 0.966 bits per heavy atom. The van der Waals surface area contributed by atoms with E-state index in [2.05, 4.69) is 5.32 Å². The number of nitrogens with zero attached hydrogens (tertiary/aromatic N) is 1. The number of aldehydes is 1. The number of amides is 3. The molecule has 1 N–H and O–H groups in total. The normalized spacial score (nSPS) is 13.4. The van der Waals surface area contributed by atoms with Gasteiger partial charge in [-0.05, 0) is 12.1 Å². The van der Waals surface area contributed by atoms with Crippen LogP contribution < -0.4 is 5.32 Å². The van der Waals surface area contributed by atoms with E-state index in [1.807, 2.05) is 0 Å². The lowest BCUT2D eigenvalue weighted by Crippen LogP contribution is -2.32. The summed E-state index contributed by atoms with van der Waals surface area (Å²) in [5, 5.41) is 3.18. The van der Waals surface area contributed by atoms with Gasteiger partial charge >= 0.3 is 5.97 Å².